The van der Waals surface area contributed by atoms with E-state index >= 15 is 0 Å². The van der Waals surface area contributed by atoms with Crippen molar-refractivity contribution in [3.63, 3.8) is 0 Å². The van der Waals surface area contributed by atoms with Gasteiger partial charge in [0.15, 0.2) is 23.3 Å². The molecular formula is C25H40F6. The van der Waals surface area contributed by atoms with Crippen molar-refractivity contribution in [2.45, 2.75) is 116 Å². The molecule has 0 aromatic rings. The van der Waals surface area contributed by atoms with Gasteiger partial charge in [0.05, 0.1) is 18.8 Å². The van der Waals surface area contributed by atoms with Crippen LogP contribution in [0.15, 0.2) is 23.3 Å². The van der Waals surface area contributed by atoms with Gasteiger partial charge in [-0.1, -0.05) is 89.9 Å². The molecule has 0 saturated heterocycles. The third kappa shape index (κ3) is 9.61. The zero-order valence-corrected chi connectivity index (χ0v) is 18.9. The van der Waals surface area contributed by atoms with Gasteiger partial charge in [0, 0.05) is 0 Å². The molecule has 0 bridgehead atoms. The van der Waals surface area contributed by atoms with E-state index in [0.717, 1.165) is 77.0 Å². The van der Waals surface area contributed by atoms with E-state index in [1.165, 1.54) is 0 Å². The monoisotopic (exact) mass is 454 g/mol. The minimum absolute atomic E-state index is 0.0799. The Bertz CT molecular complexity index is 492. The lowest BCUT2D eigenvalue weighted by molar-refractivity contribution is 0.232. The van der Waals surface area contributed by atoms with Crippen molar-refractivity contribution in [1.29, 1.82) is 0 Å². The van der Waals surface area contributed by atoms with Gasteiger partial charge in [0.1, 0.15) is 0 Å². The molecule has 0 amide bonds. The zero-order chi connectivity index (χ0) is 23.0. The zero-order valence-electron chi connectivity index (χ0n) is 18.9. The number of hydrogen-bond donors (Lipinski definition) is 0. The second kappa shape index (κ2) is 16.7. The highest BCUT2D eigenvalue weighted by Gasteiger charge is 2.49. The quantitative estimate of drug-likeness (QED) is 0.127. The molecule has 0 saturated carbocycles. The minimum Gasteiger partial charge on any atom is -0.251 e. The molecule has 0 fully saturated rings. The van der Waals surface area contributed by atoms with Crippen LogP contribution in [-0.2, 0) is 0 Å². The molecule has 0 heterocycles. The van der Waals surface area contributed by atoms with Gasteiger partial charge in [-0.2, -0.15) is 0 Å². The van der Waals surface area contributed by atoms with Crippen molar-refractivity contribution in [1.82, 2.24) is 0 Å². The number of rotatable bonds is 20. The summed E-state index contributed by atoms with van der Waals surface area (Å²) in [6.07, 6.45) is 13.4. The topological polar surface area (TPSA) is 0 Å². The maximum atomic E-state index is 14.6. The molecule has 1 aliphatic rings. The van der Waals surface area contributed by atoms with E-state index in [2.05, 4.69) is 0 Å². The Morgan fingerprint density at radius 3 is 0.935 bits per heavy atom. The maximum absolute atomic E-state index is 14.6. The van der Waals surface area contributed by atoms with Gasteiger partial charge in [-0.3, -0.25) is 8.78 Å². The summed E-state index contributed by atoms with van der Waals surface area (Å²) in [6.45, 7) is -0.568. The Kier molecular flexibility index (Phi) is 15.1. The molecule has 182 valence electrons. The van der Waals surface area contributed by atoms with Crippen molar-refractivity contribution in [2.75, 3.05) is 13.3 Å². The lowest BCUT2D eigenvalue weighted by atomic mass is 9.77. The van der Waals surface area contributed by atoms with Crippen LogP contribution >= 0.6 is 0 Å². The fraction of sp³-hybridized carbons (Fsp3) is 0.840. The Morgan fingerprint density at radius 2 is 0.645 bits per heavy atom. The van der Waals surface area contributed by atoms with Crippen LogP contribution in [0.4, 0.5) is 26.3 Å². The van der Waals surface area contributed by atoms with E-state index in [1.807, 2.05) is 0 Å². The molecule has 0 aromatic carbocycles. The smallest absolute Gasteiger partial charge is 0.193 e. The van der Waals surface area contributed by atoms with Crippen LogP contribution in [0.3, 0.4) is 0 Å². The van der Waals surface area contributed by atoms with E-state index in [0.29, 0.717) is 25.7 Å². The summed E-state index contributed by atoms with van der Waals surface area (Å²) < 4.78 is 80.8. The molecule has 0 nitrogen and oxygen atoms in total. The highest BCUT2D eigenvalue weighted by atomic mass is 19.2. The van der Waals surface area contributed by atoms with Crippen LogP contribution in [-0.4, -0.2) is 13.3 Å². The summed E-state index contributed by atoms with van der Waals surface area (Å²) in [6, 6.07) is 0. The van der Waals surface area contributed by atoms with Gasteiger partial charge in [0.2, 0.25) is 0 Å². The predicted molar refractivity (Wildman–Crippen MR) is 116 cm³/mol. The number of unbranched alkanes of at least 4 members (excludes halogenated alkanes) is 14. The molecule has 31 heavy (non-hydrogen) atoms. The van der Waals surface area contributed by atoms with Gasteiger partial charge in [-0.15, -0.1) is 0 Å². The summed E-state index contributed by atoms with van der Waals surface area (Å²) >= 11 is 0. The Labute approximate surface area is 184 Å². The molecule has 0 N–H and O–H groups in total. The minimum atomic E-state index is -1.77. The SMILES string of the molecule is FCCCCCCCCCCC1(CCCCCCCCCCF)C(F)=C(F)C(F)=C1F. The van der Waals surface area contributed by atoms with Crippen molar-refractivity contribution in [2.24, 2.45) is 5.41 Å². The first kappa shape index (κ1) is 28.1. The van der Waals surface area contributed by atoms with Gasteiger partial charge in [-0.25, -0.2) is 17.6 Å². The summed E-state index contributed by atoms with van der Waals surface area (Å²) in [7, 11) is 0. The lowest BCUT2D eigenvalue weighted by Gasteiger charge is -2.28. The molecule has 1 aliphatic carbocycles. The van der Waals surface area contributed by atoms with Crippen molar-refractivity contribution < 1.29 is 26.3 Å². The molecule has 1 rings (SSSR count). The van der Waals surface area contributed by atoms with Crippen LogP contribution in [0.1, 0.15) is 116 Å². The highest BCUT2D eigenvalue weighted by Crippen LogP contribution is 2.55. The summed E-state index contributed by atoms with van der Waals surface area (Å²) in [4.78, 5) is 0. The summed E-state index contributed by atoms with van der Waals surface area (Å²) in [5, 5.41) is 0. The second-order valence-electron chi connectivity index (χ2n) is 8.87. The molecule has 0 aromatic heterocycles. The standard InChI is InChI=1S/C25H40F6/c26-19-15-11-7-3-1-5-9-13-17-25(23(30)21(28)22(29)24(25)31)18-14-10-6-2-4-8-12-16-20-27/h1-20H2. The Hall–Kier alpha value is -0.940. The van der Waals surface area contributed by atoms with Crippen LogP contribution in [0.2, 0.25) is 0 Å². The molecule has 0 spiro atoms. The molecular weight excluding hydrogens is 414 g/mol. The van der Waals surface area contributed by atoms with Crippen molar-refractivity contribution in [3.05, 3.63) is 23.3 Å². The van der Waals surface area contributed by atoms with Crippen LogP contribution in [0.5, 0.6) is 0 Å². The first-order chi connectivity index (χ1) is 15.0. The largest absolute Gasteiger partial charge is 0.251 e. The van der Waals surface area contributed by atoms with Gasteiger partial charge >= 0.3 is 0 Å². The molecule has 0 aliphatic heterocycles. The average Bonchev–Trinajstić information content (AvgIpc) is 2.93. The summed E-state index contributed by atoms with van der Waals surface area (Å²) in [5.74, 6) is -5.89. The summed E-state index contributed by atoms with van der Waals surface area (Å²) in [5.41, 5.74) is -1.77. The third-order valence-corrected chi connectivity index (χ3v) is 6.39. The molecule has 0 atom stereocenters. The van der Waals surface area contributed by atoms with Crippen molar-refractivity contribution >= 4 is 0 Å². The normalized spacial score (nSPS) is 16.1. The highest BCUT2D eigenvalue weighted by molar-refractivity contribution is 5.42. The first-order valence-electron chi connectivity index (χ1n) is 12.2. The third-order valence-electron chi connectivity index (χ3n) is 6.39. The van der Waals surface area contributed by atoms with Crippen LogP contribution in [0, 0.1) is 5.41 Å². The predicted octanol–water partition coefficient (Wildman–Crippen LogP) is 10.2. The molecule has 0 radical (unpaired) electrons. The van der Waals surface area contributed by atoms with Crippen LogP contribution in [0.25, 0.3) is 0 Å². The second-order valence-corrected chi connectivity index (χ2v) is 8.87. The molecule has 0 unspecified atom stereocenters. The average molecular weight is 455 g/mol. The van der Waals surface area contributed by atoms with Gasteiger partial charge < -0.3 is 0 Å². The Morgan fingerprint density at radius 1 is 0.387 bits per heavy atom. The van der Waals surface area contributed by atoms with E-state index in [9.17, 15) is 26.3 Å². The number of allylic oxidation sites excluding steroid dienone is 4. The first-order valence-corrected chi connectivity index (χ1v) is 12.2. The number of alkyl halides is 2. The fourth-order valence-corrected chi connectivity index (χ4v) is 4.44. The van der Waals surface area contributed by atoms with Crippen molar-refractivity contribution in [3.8, 4) is 0 Å². The number of hydrogen-bond acceptors (Lipinski definition) is 0. The van der Waals surface area contributed by atoms with Gasteiger partial charge in [-0.05, 0) is 25.7 Å². The molecule has 6 heteroatoms. The maximum Gasteiger partial charge on any atom is 0.193 e. The Balaban J connectivity index is 2.39. The fourth-order valence-electron chi connectivity index (χ4n) is 4.44. The van der Waals surface area contributed by atoms with Crippen LogP contribution < -0.4 is 0 Å². The number of halogens is 6. The van der Waals surface area contributed by atoms with Gasteiger partial charge in [0.25, 0.3) is 0 Å². The van der Waals surface area contributed by atoms with E-state index < -0.39 is 28.7 Å². The van der Waals surface area contributed by atoms with E-state index in [-0.39, 0.29) is 26.2 Å². The van der Waals surface area contributed by atoms with E-state index in [1.54, 1.807) is 0 Å². The van der Waals surface area contributed by atoms with E-state index in [4.69, 9.17) is 0 Å². The lowest BCUT2D eigenvalue weighted by Crippen LogP contribution is -2.21.